The van der Waals surface area contributed by atoms with Gasteiger partial charge in [-0.3, -0.25) is 4.98 Å². The van der Waals surface area contributed by atoms with Gasteiger partial charge in [-0.25, -0.2) is 4.79 Å². The molecule has 1 aromatic rings. The summed E-state index contributed by atoms with van der Waals surface area (Å²) in [6, 6.07) is 6.37. The van der Waals surface area contributed by atoms with Crippen LogP contribution in [0.15, 0.2) is 24.4 Å². The number of hydrogen-bond donors (Lipinski definition) is 0. The van der Waals surface area contributed by atoms with Gasteiger partial charge in [0.1, 0.15) is 0 Å². The summed E-state index contributed by atoms with van der Waals surface area (Å²) in [5.74, 6) is 0. The van der Waals surface area contributed by atoms with Crippen LogP contribution in [0.4, 0.5) is 4.79 Å². The molecule has 0 unspecified atom stereocenters. The van der Waals surface area contributed by atoms with E-state index in [1.165, 1.54) is 0 Å². The highest BCUT2D eigenvalue weighted by Crippen LogP contribution is 2.29. The van der Waals surface area contributed by atoms with Crippen molar-refractivity contribution in [3.05, 3.63) is 30.1 Å². The molecule has 1 saturated heterocycles. The number of hydrogen-bond acceptors (Lipinski definition) is 3. The lowest BCUT2D eigenvalue weighted by molar-refractivity contribution is 0.0417. The Bertz CT molecular complexity index is 428. The van der Waals surface area contributed by atoms with E-state index in [0.717, 1.165) is 18.5 Å². The van der Waals surface area contributed by atoms with E-state index in [4.69, 9.17) is 4.74 Å². The predicted molar refractivity (Wildman–Crippen MR) is 70.6 cm³/mol. The second-order valence-corrected chi connectivity index (χ2v) is 5.06. The van der Waals surface area contributed by atoms with Gasteiger partial charge in [0.05, 0.1) is 25.5 Å². The van der Waals surface area contributed by atoms with Crippen LogP contribution >= 0.6 is 0 Å². The second-order valence-electron chi connectivity index (χ2n) is 5.06. The summed E-state index contributed by atoms with van der Waals surface area (Å²) in [6.45, 7) is 3.30. The van der Waals surface area contributed by atoms with Crippen molar-refractivity contribution in [2.24, 2.45) is 0 Å². The summed E-state index contributed by atoms with van der Waals surface area (Å²) in [7, 11) is 0. The molecule has 1 aliphatic carbocycles. The number of aromatic nitrogens is 1. The Hall–Kier alpha value is -1.62. The number of carbonyl (C=O) groups excluding carboxylic acids is 1. The van der Waals surface area contributed by atoms with E-state index in [-0.39, 0.29) is 6.03 Å². The number of morpholine rings is 1. The lowest BCUT2D eigenvalue weighted by Crippen LogP contribution is -2.48. The van der Waals surface area contributed by atoms with Crippen LogP contribution in [0, 0.1) is 0 Å². The highest BCUT2D eigenvalue weighted by Gasteiger charge is 2.35. The number of ether oxygens (including phenoxy) is 1. The first-order valence-corrected chi connectivity index (χ1v) is 6.88. The molecule has 5 heteroatoms. The van der Waals surface area contributed by atoms with E-state index >= 15 is 0 Å². The van der Waals surface area contributed by atoms with E-state index in [2.05, 4.69) is 4.98 Å². The summed E-state index contributed by atoms with van der Waals surface area (Å²) in [4.78, 5) is 20.7. The normalized spacial score (nSPS) is 19.3. The first kappa shape index (κ1) is 12.4. The Morgan fingerprint density at radius 2 is 2.16 bits per heavy atom. The average Bonchev–Trinajstić information content (AvgIpc) is 3.31. The van der Waals surface area contributed by atoms with Gasteiger partial charge in [-0.15, -0.1) is 0 Å². The Labute approximate surface area is 113 Å². The van der Waals surface area contributed by atoms with Gasteiger partial charge in [0.2, 0.25) is 0 Å². The van der Waals surface area contributed by atoms with Crippen molar-refractivity contribution in [3.63, 3.8) is 0 Å². The molecule has 0 spiro atoms. The Kier molecular flexibility index (Phi) is 3.64. The van der Waals surface area contributed by atoms with Crippen LogP contribution in [0.1, 0.15) is 18.5 Å². The highest BCUT2D eigenvalue weighted by atomic mass is 16.5. The second kappa shape index (κ2) is 5.57. The Morgan fingerprint density at radius 1 is 1.37 bits per heavy atom. The molecule has 0 atom stereocenters. The van der Waals surface area contributed by atoms with Gasteiger partial charge in [-0.05, 0) is 25.0 Å². The summed E-state index contributed by atoms with van der Waals surface area (Å²) in [5, 5.41) is 0. The van der Waals surface area contributed by atoms with Crippen LogP contribution < -0.4 is 0 Å². The molecule has 0 bridgehead atoms. The molecule has 2 aliphatic rings. The van der Waals surface area contributed by atoms with E-state index in [9.17, 15) is 4.79 Å². The SMILES string of the molecule is O=C(N1CCOCC1)N(Cc1ccccn1)C1CC1. The fraction of sp³-hybridized carbons (Fsp3) is 0.571. The smallest absolute Gasteiger partial charge is 0.320 e. The topological polar surface area (TPSA) is 45.7 Å². The quantitative estimate of drug-likeness (QED) is 0.828. The number of nitrogens with zero attached hydrogens (tertiary/aromatic N) is 3. The molecule has 3 rings (SSSR count). The molecule has 1 aliphatic heterocycles. The number of rotatable bonds is 3. The highest BCUT2D eigenvalue weighted by molar-refractivity contribution is 5.75. The minimum absolute atomic E-state index is 0.136. The standard InChI is InChI=1S/C14H19N3O2/c18-14(16-7-9-19-10-8-16)17(13-4-5-13)11-12-3-1-2-6-15-12/h1-3,6,13H,4-5,7-11H2. The van der Waals surface area contributed by atoms with Gasteiger partial charge >= 0.3 is 6.03 Å². The monoisotopic (exact) mass is 261 g/mol. The van der Waals surface area contributed by atoms with Crippen molar-refractivity contribution < 1.29 is 9.53 Å². The number of amides is 2. The summed E-state index contributed by atoms with van der Waals surface area (Å²) in [5.41, 5.74) is 0.955. The first-order valence-electron chi connectivity index (χ1n) is 6.88. The molecule has 0 N–H and O–H groups in total. The van der Waals surface area contributed by atoms with Crippen LogP contribution in [-0.4, -0.2) is 53.2 Å². The zero-order chi connectivity index (χ0) is 13.1. The van der Waals surface area contributed by atoms with Crippen molar-refractivity contribution in [1.29, 1.82) is 0 Å². The van der Waals surface area contributed by atoms with E-state index in [0.29, 0.717) is 38.9 Å². The molecular weight excluding hydrogens is 242 g/mol. The van der Waals surface area contributed by atoms with Gasteiger partial charge in [0.15, 0.2) is 0 Å². The molecule has 19 heavy (non-hydrogen) atoms. The van der Waals surface area contributed by atoms with E-state index in [1.807, 2.05) is 28.0 Å². The Balaban J connectivity index is 1.68. The molecule has 0 radical (unpaired) electrons. The van der Waals surface area contributed by atoms with Gasteiger partial charge in [-0.1, -0.05) is 6.07 Å². The lowest BCUT2D eigenvalue weighted by Gasteiger charge is -2.33. The average molecular weight is 261 g/mol. The van der Waals surface area contributed by atoms with Crippen molar-refractivity contribution in [3.8, 4) is 0 Å². The first-order chi connectivity index (χ1) is 9.34. The van der Waals surface area contributed by atoms with Gasteiger partial charge in [0.25, 0.3) is 0 Å². The fourth-order valence-corrected chi connectivity index (χ4v) is 2.34. The van der Waals surface area contributed by atoms with Crippen molar-refractivity contribution in [1.82, 2.24) is 14.8 Å². The maximum Gasteiger partial charge on any atom is 0.320 e. The number of urea groups is 1. The minimum atomic E-state index is 0.136. The van der Waals surface area contributed by atoms with Gasteiger partial charge < -0.3 is 14.5 Å². The molecule has 0 aromatic carbocycles. The fourth-order valence-electron chi connectivity index (χ4n) is 2.34. The molecule has 1 aromatic heterocycles. The van der Waals surface area contributed by atoms with Crippen LogP contribution in [0.5, 0.6) is 0 Å². The maximum absolute atomic E-state index is 12.6. The zero-order valence-electron chi connectivity index (χ0n) is 11.0. The molecule has 2 fully saturated rings. The molecule has 2 heterocycles. The summed E-state index contributed by atoms with van der Waals surface area (Å²) in [6.07, 6.45) is 4.01. The van der Waals surface area contributed by atoms with Crippen LogP contribution in [0.2, 0.25) is 0 Å². The lowest BCUT2D eigenvalue weighted by atomic mass is 10.3. The third-order valence-corrected chi connectivity index (χ3v) is 3.57. The van der Waals surface area contributed by atoms with E-state index < -0.39 is 0 Å². The molecule has 102 valence electrons. The third-order valence-electron chi connectivity index (χ3n) is 3.57. The zero-order valence-corrected chi connectivity index (χ0v) is 11.0. The minimum Gasteiger partial charge on any atom is -0.378 e. The molecule has 1 saturated carbocycles. The maximum atomic E-state index is 12.6. The van der Waals surface area contributed by atoms with Gasteiger partial charge in [0, 0.05) is 25.3 Å². The van der Waals surface area contributed by atoms with Crippen molar-refractivity contribution in [2.45, 2.75) is 25.4 Å². The van der Waals surface area contributed by atoms with Crippen molar-refractivity contribution in [2.75, 3.05) is 26.3 Å². The third kappa shape index (κ3) is 3.04. The number of carbonyl (C=O) groups is 1. The molecule has 5 nitrogen and oxygen atoms in total. The van der Waals surface area contributed by atoms with Crippen molar-refractivity contribution >= 4 is 6.03 Å². The Morgan fingerprint density at radius 3 is 2.79 bits per heavy atom. The van der Waals surface area contributed by atoms with Crippen LogP contribution in [-0.2, 0) is 11.3 Å². The largest absolute Gasteiger partial charge is 0.378 e. The summed E-state index contributed by atoms with van der Waals surface area (Å²) >= 11 is 0. The van der Waals surface area contributed by atoms with Gasteiger partial charge in [-0.2, -0.15) is 0 Å². The van der Waals surface area contributed by atoms with E-state index in [1.54, 1.807) is 6.20 Å². The van der Waals surface area contributed by atoms with Crippen LogP contribution in [0.3, 0.4) is 0 Å². The van der Waals surface area contributed by atoms with Crippen LogP contribution in [0.25, 0.3) is 0 Å². The number of pyridine rings is 1. The molecular formula is C14H19N3O2. The predicted octanol–water partition coefficient (Wildman–Crippen LogP) is 1.50. The molecule has 2 amide bonds. The summed E-state index contributed by atoms with van der Waals surface area (Å²) < 4.78 is 5.30.